The van der Waals surface area contributed by atoms with Crippen molar-refractivity contribution in [1.82, 2.24) is 10.2 Å². The standard InChI is InChI=1S/C23H28N4O2/c1-17(28)22-15-21(25-27(22)20-12-8-5-9-13-20)23(29)24-19(16-26(2)3)14-18-10-6-4-7-11-18/h4-13,19,22H,14-16H2,1-3H3,(H,24,29). The summed E-state index contributed by atoms with van der Waals surface area (Å²) in [5, 5.41) is 9.29. The summed E-state index contributed by atoms with van der Waals surface area (Å²) in [7, 11) is 3.97. The van der Waals surface area contributed by atoms with Crippen molar-refractivity contribution in [3.05, 3.63) is 66.2 Å². The van der Waals surface area contributed by atoms with E-state index in [-0.39, 0.29) is 17.7 Å². The molecule has 6 heteroatoms. The first-order valence-electron chi connectivity index (χ1n) is 9.85. The molecule has 2 aromatic carbocycles. The maximum atomic E-state index is 13.0. The number of ketones is 1. The van der Waals surface area contributed by atoms with E-state index in [1.165, 1.54) is 5.56 Å². The van der Waals surface area contributed by atoms with E-state index in [1.54, 1.807) is 11.9 Å². The number of Topliss-reactive ketones (excluding diaryl/α,β-unsaturated/α-hetero) is 1. The van der Waals surface area contributed by atoms with Crippen molar-refractivity contribution in [2.45, 2.75) is 31.8 Å². The number of hydrogen-bond donors (Lipinski definition) is 1. The van der Waals surface area contributed by atoms with Crippen molar-refractivity contribution in [3.63, 3.8) is 0 Å². The highest BCUT2D eigenvalue weighted by atomic mass is 16.2. The molecule has 3 rings (SSSR count). The Bertz CT molecular complexity index is 865. The number of carbonyl (C=O) groups excluding carboxylic acids is 2. The molecule has 1 aliphatic heterocycles. The second-order valence-corrected chi connectivity index (χ2v) is 7.68. The summed E-state index contributed by atoms with van der Waals surface area (Å²) >= 11 is 0. The molecular formula is C23H28N4O2. The molecule has 0 fully saturated rings. The molecule has 0 saturated carbocycles. The van der Waals surface area contributed by atoms with E-state index in [0.717, 1.165) is 12.1 Å². The normalized spacial score (nSPS) is 17.2. The summed E-state index contributed by atoms with van der Waals surface area (Å²) in [4.78, 5) is 27.2. The fourth-order valence-electron chi connectivity index (χ4n) is 3.55. The number of hydrogen-bond acceptors (Lipinski definition) is 5. The molecule has 1 N–H and O–H groups in total. The first-order chi connectivity index (χ1) is 13.9. The lowest BCUT2D eigenvalue weighted by Crippen LogP contribution is -2.45. The van der Waals surface area contributed by atoms with Gasteiger partial charge in [-0.2, -0.15) is 5.10 Å². The second-order valence-electron chi connectivity index (χ2n) is 7.68. The van der Waals surface area contributed by atoms with Gasteiger partial charge in [-0.15, -0.1) is 0 Å². The smallest absolute Gasteiger partial charge is 0.267 e. The van der Waals surface area contributed by atoms with Crippen LogP contribution in [-0.2, 0) is 16.0 Å². The van der Waals surface area contributed by atoms with Crippen LogP contribution in [0.3, 0.4) is 0 Å². The molecule has 0 spiro atoms. The molecule has 1 amide bonds. The van der Waals surface area contributed by atoms with Crippen LogP contribution in [0.2, 0.25) is 0 Å². The summed E-state index contributed by atoms with van der Waals surface area (Å²) in [6, 6.07) is 19.1. The number of nitrogens with one attached hydrogen (secondary N) is 1. The molecule has 1 aliphatic rings. The molecule has 29 heavy (non-hydrogen) atoms. The van der Waals surface area contributed by atoms with Crippen molar-refractivity contribution in [3.8, 4) is 0 Å². The molecule has 2 unspecified atom stereocenters. The first kappa shape index (κ1) is 20.7. The van der Waals surface area contributed by atoms with Crippen LogP contribution >= 0.6 is 0 Å². The lowest BCUT2D eigenvalue weighted by molar-refractivity contribution is -0.118. The van der Waals surface area contributed by atoms with Crippen LogP contribution in [0.4, 0.5) is 5.69 Å². The molecule has 2 aromatic rings. The van der Waals surface area contributed by atoms with Crippen molar-refractivity contribution in [2.75, 3.05) is 25.6 Å². The number of amides is 1. The Kier molecular flexibility index (Phi) is 6.77. The van der Waals surface area contributed by atoms with Crippen LogP contribution < -0.4 is 10.3 Å². The molecule has 0 radical (unpaired) electrons. The van der Waals surface area contributed by atoms with Crippen LogP contribution in [-0.4, -0.2) is 55.0 Å². The number of hydrazone groups is 1. The molecule has 0 aliphatic carbocycles. The molecular weight excluding hydrogens is 364 g/mol. The molecule has 0 aromatic heterocycles. The van der Waals surface area contributed by atoms with E-state index in [4.69, 9.17) is 0 Å². The number of benzene rings is 2. The van der Waals surface area contributed by atoms with E-state index in [2.05, 4.69) is 27.5 Å². The Balaban J connectivity index is 1.75. The van der Waals surface area contributed by atoms with Gasteiger partial charge in [-0.1, -0.05) is 48.5 Å². The number of anilines is 1. The van der Waals surface area contributed by atoms with Gasteiger partial charge in [0.1, 0.15) is 11.8 Å². The maximum Gasteiger partial charge on any atom is 0.267 e. The van der Waals surface area contributed by atoms with E-state index < -0.39 is 6.04 Å². The monoisotopic (exact) mass is 392 g/mol. The van der Waals surface area contributed by atoms with Crippen molar-refractivity contribution < 1.29 is 9.59 Å². The molecule has 1 heterocycles. The van der Waals surface area contributed by atoms with Crippen LogP contribution in [0, 0.1) is 0 Å². The third-order valence-electron chi connectivity index (χ3n) is 4.91. The molecule has 152 valence electrons. The van der Waals surface area contributed by atoms with E-state index in [0.29, 0.717) is 18.7 Å². The highest BCUT2D eigenvalue weighted by Gasteiger charge is 2.34. The Morgan fingerprint density at radius 1 is 1.10 bits per heavy atom. The van der Waals surface area contributed by atoms with Crippen LogP contribution in [0.5, 0.6) is 0 Å². The van der Waals surface area contributed by atoms with Gasteiger partial charge in [-0.25, -0.2) is 0 Å². The topological polar surface area (TPSA) is 65.0 Å². The predicted octanol–water partition coefficient (Wildman–Crippen LogP) is 2.50. The number of rotatable bonds is 8. The SMILES string of the molecule is CC(=O)C1CC(C(=O)NC(Cc2ccccc2)CN(C)C)=NN1c1ccccc1. The van der Waals surface area contributed by atoms with E-state index in [1.807, 2.05) is 62.6 Å². The predicted molar refractivity (Wildman–Crippen MR) is 116 cm³/mol. The van der Waals surface area contributed by atoms with E-state index in [9.17, 15) is 9.59 Å². The molecule has 0 saturated heterocycles. The third-order valence-corrected chi connectivity index (χ3v) is 4.91. The number of para-hydroxylation sites is 1. The number of nitrogens with zero attached hydrogens (tertiary/aromatic N) is 3. The Labute approximate surface area is 172 Å². The highest BCUT2D eigenvalue weighted by molar-refractivity contribution is 6.40. The average Bonchev–Trinajstić information content (AvgIpc) is 3.15. The van der Waals surface area contributed by atoms with Gasteiger partial charge >= 0.3 is 0 Å². The Hall–Kier alpha value is -2.99. The minimum atomic E-state index is -0.445. The first-order valence-corrected chi connectivity index (χ1v) is 9.85. The van der Waals surface area contributed by atoms with Crippen LogP contribution in [0.25, 0.3) is 0 Å². The van der Waals surface area contributed by atoms with Crippen molar-refractivity contribution >= 4 is 23.1 Å². The Morgan fingerprint density at radius 3 is 2.31 bits per heavy atom. The fraction of sp³-hybridized carbons (Fsp3) is 0.348. The Morgan fingerprint density at radius 2 is 1.72 bits per heavy atom. The van der Waals surface area contributed by atoms with Crippen LogP contribution in [0.1, 0.15) is 18.9 Å². The highest BCUT2D eigenvalue weighted by Crippen LogP contribution is 2.25. The van der Waals surface area contributed by atoms with Gasteiger partial charge in [-0.05, 0) is 45.1 Å². The summed E-state index contributed by atoms with van der Waals surface area (Å²) in [5.74, 6) is -0.216. The van der Waals surface area contributed by atoms with Gasteiger partial charge in [0, 0.05) is 19.0 Å². The zero-order chi connectivity index (χ0) is 20.8. The zero-order valence-corrected chi connectivity index (χ0v) is 17.2. The number of carbonyl (C=O) groups is 2. The summed E-state index contributed by atoms with van der Waals surface area (Å²) in [6.07, 6.45) is 1.05. The molecule has 0 bridgehead atoms. The van der Waals surface area contributed by atoms with Gasteiger partial charge in [0.2, 0.25) is 0 Å². The van der Waals surface area contributed by atoms with Gasteiger partial charge < -0.3 is 10.2 Å². The third kappa shape index (κ3) is 5.51. The summed E-state index contributed by atoms with van der Waals surface area (Å²) in [5.41, 5.74) is 2.37. The lowest BCUT2D eigenvalue weighted by atomic mass is 10.0. The molecule has 2 atom stereocenters. The molecule has 6 nitrogen and oxygen atoms in total. The van der Waals surface area contributed by atoms with Crippen molar-refractivity contribution in [1.29, 1.82) is 0 Å². The minimum Gasteiger partial charge on any atom is -0.347 e. The van der Waals surface area contributed by atoms with Crippen molar-refractivity contribution in [2.24, 2.45) is 5.10 Å². The zero-order valence-electron chi connectivity index (χ0n) is 17.2. The largest absolute Gasteiger partial charge is 0.347 e. The minimum absolute atomic E-state index is 0.00506. The van der Waals surface area contributed by atoms with Gasteiger partial charge in [0.25, 0.3) is 5.91 Å². The lowest BCUT2D eigenvalue weighted by Gasteiger charge is -2.22. The second kappa shape index (κ2) is 9.47. The summed E-state index contributed by atoms with van der Waals surface area (Å²) < 4.78 is 0. The van der Waals surface area contributed by atoms with Gasteiger partial charge in [-0.3, -0.25) is 14.6 Å². The number of likely N-dealkylation sites (N-methyl/N-ethyl adjacent to an activating group) is 1. The van der Waals surface area contributed by atoms with Crippen LogP contribution in [0.15, 0.2) is 65.8 Å². The van der Waals surface area contributed by atoms with Gasteiger partial charge in [0.05, 0.1) is 5.69 Å². The van der Waals surface area contributed by atoms with E-state index >= 15 is 0 Å². The quantitative estimate of drug-likeness (QED) is 0.750. The average molecular weight is 393 g/mol. The fourth-order valence-corrected chi connectivity index (χ4v) is 3.55. The summed E-state index contributed by atoms with van der Waals surface area (Å²) in [6.45, 7) is 2.26. The maximum absolute atomic E-state index is 13.0. The van der Waals surface area contributed by atoms with Gasteiger partial charge in [0.15, 0.2) is 5.78 Å².